The Hall–Kier alpha value is -1.88. The first-order valence-electron chi connectivity index (χ1n) is 6.66. The fraction of sp³-hybridized carbons (Fsp3) is 0.333. The maximum Gasteiger partial charge on any atom is 0.254 e. The Morgan fingerprint density at radius 2 is 2.25 bits per heavy atom. The number of aromatic nitrogens is 1. The lowest BCUT2D eigenvalue weighted by Gasteiger charge is -2.24. The molecule has 0 radical (unpaired) electrons. The summed E-state index contributed by atoms with van der Waals surface area (Å²) in [5.74, 6) is -0.0450. The fourth-order valence-corrected chi connectivity index (χ4v) is 3.38. The molecule has 20 heavy (non-hydrogen) atoms. The van der Waals surface area contributed by atoms with E-state index < -0.39 is 0 Å². The van der Waals surface area contributed by atoms with Gasteiger partial charge in [0.2, 0.25) is 0 Å². The van der Waals surface area contributed by atoms with Crippen molar-refractivity contribution in [1.82, 2.24) is 9.47 Å². The Balaban J connectivity index is 1.89. The third-order valence-corrected chi connectivity index (χ3v) is 4.49. The average Bonchev–Trinajstić information content (AvgIpc) is 3.10. The molecule has 0 spiro atoms. The zero-order valence-electron chi connectivity index (χ0n) is 11.3. The normalized spacial score (nSPS) is 18.4. The van der Waals surface area contributed by atoms with Crippen molar-refractivity contribution in [3.05, 3.63) is 56.6 Å². The third-order valence-electron chi connectivity index (χ3n) is 3.79. The van der Waals surface area contributed by atoms with E-state index in [1.54, 1.807) is 30.6 Å². The summed E-state index contributed by atoms with van der Waals surface area (Å²) in [5, 5.41) is 4.13. The van der Waals surface area contributed by atoms with E-state index in [2.05, 4.69) is 11.4 Å². The second-order valence-electron chi connectivity index (χ2n) is 5.08. The SMILES string of the molecule is Cn1ccc(C(=O)N2CCC[C@H]2c2ccsc2)cc1=O. The molecule has 0 N–H and O–H groups in total. The largest absolute Gasteiger partial charge is 0.332 e. The minimum atomic E-state index is -0.151. The van der Waals surface area contributed by atoms with Crippen molar-refractivity contribution in [3.63, 3.8) is 0 Å². The van der Waals surface area contributed by atoms with E-state index in [0.29, 0.717) is 5.56 Å². The molecule has 1 fully saturated rings. The summed E-state index contributed by atoms with van der Waals surface area (Å²) < 4.78 is 1.47. The van der Waals surface area contributed by atoms with E-state index in [1.165, 1.54) is 16.2 Å². The lowest BCUT2D eigenvalue weighted by molar-refractivity contribution is 0.0735. The van der Waals surface area contributed by atoms with Gasteiger partial charge in [-0.2, -0.15) is 11.3 Å². The standard InChI is InChI=1S/C15H16N2O2S/c1-16-7-4-11(9-14(16)18)15(19)17-6-2-3-13(17)12-5-8-20-10-12/h4-5,7-10,13H,2-3,6H2,1H3/t13-/m0/s1. The zero-order chi connectivity index (χ0) is 14.1. The van der Waals surface area contributed by atoms with Crippen molar-refractivity contribution in [1.29, 1.82) is 0 Å². The number of pyridine rings is 1. The van der Waals surface area contributed by atoms with Crippen LogP contribution in [0.4, 0.5) is 0 Å². The van der Waals surface area contributed by atoms with Crippen LogP contribution in [0.25, 0.3) is 0 Å². The number of hydrogen-bond donors (Lipinski definition) is 0. The Morgan fingerprint density at radius 3 is 2.95 bits per heavy atom. The van der Waals surface area contributed by atoms with Gasteiger partial charge in [-0.3, -0.25) is 9.59 Å². The van der Waals surface area contributed by atoms with Gasteiger partial charge in [0.05, 0.1) is 6.04 Å². The first kappa shape index (κ1) is 13.1. The smallest absolute Gasteiger partial charge is 0.254 e. The van der Waals surface area contributed by atoms with E-state index in [-0.39, 0.29) is 17.5 Å². The summed E-state index contributed by atoms with van der Waals surface area (Å²) in [4.78, 5) is 26.1. The summed E-state index contributed by atoms with van der Waals surface area (Å²) >= 11 is 1.65. The van der Waals surface area contributed by atoms with Crippen molar-refractivity contribution in [2.45, 2.75) is 18.9 Å². The van der Waals surface area contributed by atoms with Gasteiger partial charge in [-0.15, -0.1) is 0 Å². The van der Waals surface area contributed by atoms with E-state index in [9.17, 15) is 9.59 Å². The van der Waals surface area contributed by atoms with Gasteiger partial charge in [0.25, 0.3) is 11.5 Å². The molecule has 3 rings (SSSR count). The van der Waals surface area contributed by atoms with Gasteiger partial charge >= 0.3 is 0 Å². The van der Waals surface area contributed by atoms with Crippen LogP contribution in [0.2, 0.25) is 0 Å². The molecule has 1 aliphatic heterocycles. The van der Waals surface area contributed by atoms with Crippen LogP contribution >= 0.6 is 11.3 Å². The molecule has 1 amide bonds. The number of aryl methyl sites for hydroxylation is 1. The quantitative estimate of drug-likeness (QED) is 0.851. The Labute approximate surface area is 121 Å². The summed E-state index contributed by atoms with van der Waals surface area (Å²) in [6.07, 6.45) is 3.65. The van der Waals surface area contributed by atoms with Crippen molar-refractivity contribution >= 4 is 17.2 Å². The summed E-state index contributed by atoms with van der Waals surface area (Å²) in [6.45, 7) is 0.758. The van der Waals surface area contributed by atoms with Gasteiger partial charge in [0, 0.05) is 31.4 Å². The van der Waals surface area contributed by atoms with Gasteiger partial charge in [-0.1, -0.05) is 0 Å². The van der Waals surface area contributed by atoms with E-state index in [4.69, 9.17) is 0 Å². The van der Waals surface area contributed by atoms with Crippen molar-refractivity contribution in [3.8, 4) is 0 Å². The van der Waals surface area contributed by atoms with Gasteiger partial charge in [0.15, 0.2) is 0 Å². The molecule has 0 saturated carbocycles. The predicted molar refractivity (Wildman–Crippen MR) is 79.0 cm³/mol. The number of nitrogens with zero attached hydrogens (tertiary/aromatic N) is 2. The number of amides is 1. The maximum absolute atomic E-state index is 12.6. The Kier molecular flexibility index (Phi) is 3.44. The van der Waals surface area contributed by atoms with E-state index in [0.717, 1.165) is 19.4 Å². The third kappa shape index (κ3) is 2.29. The highest BCUT2D eigenvalue weighted by molar-refractivity contribution is 7.07. The number of likely N-dealkylation sites (tertiary alicyclic amines) is 1. The summed E-state index contributed by atoms with van der Waals surface area (Å²) in [5.41, 5.74) is 1.53. The molecule has 3 heterocycles. The molecule has 4 nitrogen and oxygen atoms in total. The molecule has 0 bridgehead atoms. The van der Waals surface area contributed by atoms with Crippen LogP contribution < -0.4 is 5.56 Å². The van der Waals surface area contributed by atoms with Crippen LogP contribution in [0.15, 0.2) is 40.0 Å². The van der Waals surface area contributed by atoms with Crippen LogP contribution in [0.3, 0.4) is 0 Å². The highest BCUT2D eigenvalue weighted by Crippen LogP contribution is 2.33. The molecule has 1 aliphatic rings. The molecule has 0 aliphatic carbocycles. The van der Waals surface area contributed by atoms with Crippen LogP contribution in [-0.2, 0) is 7.05 Å². The first-order valence-corrected chi connectivity index (χ1v) is 7.61. The minimum absolute atomic E-state index is 0.0450. The van der Waals surface area contributed by atoms with Gasteiger partial charge in [-0.05, 0) is 41.3 Å². The van der Waals surface area contributed by atoms with Gasteiger partial charge < -0.3 is 9.47 Å². The topological polar surface area (TPSA) is 42.3 Å². The summed E-state index contributed by atoms with van der Waals surface area (Å²) in [7, 11) is 1.68. The predicted octanol–water partition coefficient (Wildman–Crippen LogP) is 2.42. The van der Waals surface area contributed by atoms with Crippen LogP contribution in [-0.4, -0.2) is 21.9 Å². The maximum atomic E-state index is 12.6. The van der Waals surface area contributed by atoms with E-state index >= 15 is 0 Å². The molecule has 104 valence electrons. The van der Waals surface area contributed by atoms with Crippen LogP contribution in [0, 0.1) is 0 Å². The zero-order valence-corrected chi connectivity index (χ0v) is 12.1. The highest BCUT2D eigenvalue weighted by atomic mass is 32.1. The van der Waals surface area contributed by atoms with Crippen molar-refractivity contribution in [2.24, 2.45) is 7.05 Å². The average molecular weight is 288 g/mol. The number of carbonyl (C=O) groups excluding carboxylic acids is 1. The molecular formula is C15H16N2O2S. The van der Waals surface area contributed by atoms with Crippen LogP contribution in [0.1, 0.15) is 34.8 Å². The second-order valence-corrected chi connectivity index (χ2v) is 5.86. The number of thiophene rings is 1. The highest BCUT2D eigenvalue weighted by Gasteiger charge is 2.30. The molecule has 1 atom stereocenters. The molecule has 0 unspecified atom stereocenters. The van der Waals surface area contributed by atoms with E-state index in [1.807, 2.05) is 10.3 Å². The van der Waals surface area contributed by atoms with Gasteiger partial charge in [0.1, 0.15) is 0 Å². The second kappa shape index (κ2) is 5.25. The molecule has 5 heteroatoms. The van der Waals surface area contributed by atoms with Crippen LogP contribution in [0.5, 0.6) is 0 Å². The molecular weight excluding hydrogens is 272 g/mol. The molecule has 2 aromatic rings. The molecule has 2 aromatic heterocycles. The fourth-order valence-electron chi connectivity index (χ4n) is 2.67. The number of rotatable bonds is 2. The number of carbonyl (C=O) groups is 1. The minimum Gasteiger partial charge on any atom is -0.332 e. The van der Waals surface area contributed by atoms with Gasteiger partial charge in [-0.25, -0.2) is 0 Å². The Morgan fingerprint density at radius 1 is 1.40 bits per heavy atom. The lowest BCUT2D eigenvalue weighted by atomic mass is 10.1. The van der Waals surface area contributed by atoms with Crippen molar-refractivity contribution < 1.29 is 4.79 Å². The number of hydrogen-bond acceptors (Lipinski definition) is 3. The molecule has 1 saturated heterocycles. The molecule has 0 aromatic carbocycles. The monoisotopic (exact) mass is 288 g/mol. The Bertz CT molecular complexity index is 675. The van der Waals surface area contributed by atoms with Crippen molar-refractivity contribution in [2.75, 3.05) is 6.54 Å². The lowest BCUT2D eigenvalue weighted by Crippen LogP contribution is -2.31. The summed E-state index contributed by atoms with van der Waals surface area (Å²) in [6, 6.07) is 5.36. The first-order chi connectivity index (χ1) is 9.66.